The van der Waals surface area contributed by atoms with E-state index in [0.717, 1.165) is 16.9 Å². The Bertz CT molecular complexity index is 914. The lowest BCUT2D eigenvalue weighted by molar-refractivity contribution is 0.0951. The molecule has 0 radical (unpaired) electrons. The molecule has 1 heterocycles. The van der Waals surface area contributed by atoms with Crippen LogP contribution < -0.4 is 20.1 Å². The average Bonchev–Trinajstić information content (AvgIpc) is 2.72. The monoisotopic (exact) mass is 363 g/mol. The molecule has 0 aliphatic heterocycles. The summed E-state index contributed by atoms with van der Waals surface area (Å²) >= 11 is 0. The third-order valence-electron chi connectivity index (χ3n) is 3.99. The van der Waals surface area contributed by atoms with Crippen LogP contribution >= 0.6 is 0 Å². The highest BCUT2D eigenvalue weighted by Crippen LogP contribution is 2.27. The Morgan fingerprint density at radius 2 is 1.70 bits per heavy atom. The van der Waals surface area contributed by atoms with Crippen LogP contribution in [0, 0.1) is 0 Å². The first-order valence-electron chi connectivity index (χ1n) is 8.46. The average molecular weight is 363 g/mol. The van der Waals surface area contributed by atoms with Crippen molar-refractivity contribution in [3.63, 3.8) is 0 Å². The predicted molar refractivity (Wildman–Crippen MR) is 105 cm³/mol. The van der Waals surface area contributed by atoms with E-state index in [1.54, 1.807) is 32.7 Å². The normalized spacial score (nSPS) is 10.1. The second kappa shape index (κ2) is 8.71. The summed E-state index contributed by atoms with van der Waals surface area (Å²) < 4.78 is 10.5. The number of rotatable bonds is 7. The van der Waals surface area contributed by atoms with Gasteiger partial charge < -0.3 is 20.1 Å². The van der Waals surface area contributed by atoms with Gasteiger partial charge in [0.15, 0.2) is 11.5 Å². The molecule has 138 valence electrons. The van der Waals surface area contributed by atoms with Crippen molar-refractivity contribution in [3.05, 3.63) is 78.1 Å². The first kappa shape index (κ1) is 18.3. The van der Waals surface area contributed by atoms with Crippen molar-refractivity contribution < 1.29 is 14.3 Å². The summed E-state index contributed by atoms with van der Waals surface area (Å²) in [5.74, 6) is 1.14. The lowest BCUT2D eigenvalue weighted by Gasteiger charge is -2.11. The van der Waals surface area contributed by atoms with Crippen molar-refractivity contribution in [1.82, 2.24) is 10.3 Å². The number of carbonyl (C=O) groups is 1. The summed E-state index contributed by atoms with van der Waals surface area (Å²) in [6.07, 6.45) is 3.42. The lowest BCUT2D eigenvalue weighted by Crippen LogP contribution is -2.22. The van der Waals surface area contributed by atoms with Crippen LogP contribution in [0.3, 0.4) is 0 Å². The number of methoxy groups -OCH3 is 2. The third-order valence-corrected chi connectivity index (χ3v) is 3.99. The molecule has 0 saturated heterocycles. The van der Waals surface area contributed by atoms with Crippen LogP contribution in [0.25, 0.3) is 0 Å². The van der Waals surface area contributed by atoms with Crippen molar-refractivity contribution in [2.75, 3.05) is 19.5 Å². The summed E-state index contributed by atoms with van der Waals surface area (Å²) in [7, 11) is 3.17. The minimum atomic E-state index is -0.150. The highest BCUT2D eigenvalue weighted by Gasteiger charge is 2.08. The van der Waals surface area contributed by atoms with Crippen LogP contribution in [-0.2, 0) is 6.54 Å². The number of hydrogen-bond acceptors (Lipinski definition) is 5. The molecule has 0 unspecified atom stereocenters. The molecule has 3 rings (SSSR count). The first-order chi connectivity index (χ1) is 13.2. The molecular weight excluding hydrogens is 342 g/mol. The Morgan fingerprint density at radius 3 is 2.44 bits per heavy atom. The van der Waals surface area contributed by atoms with Gasteiger partial charge in [0.05, 0.1) is 14.2 Å². The van der Waals surface area contributed by atoms with Crippen molar-refractivity contribution in [2.24, 2.45) is 0 Å². The smallest absolute Gasteiger partial charge is 0.251 e. The SMILES string of the molecule is COc1ccc(CNC(=O)c2cccc(Nc3ccncc3)c2)cc1OC. The second-order valence-electron chi connectivity index (χ2n) is 5.81. The van der Waals surface area contributed by atoms with Gasteiger partial charge in [-0.3, -0.25) is 9.78 Å². The number of pyridine rings is 1. The van der Waals surface area contributed by atoms with Crippen LogP contribution in [0.15, 0.2) is 67.0 Å². The quantitative estimate of drug-likeness (QED) is 0.668. The van der Waals surface area contributed by atoms with Gasteiger partial charge in [0.2, 0.25) is 0 Å². The summed E-state index contributed by atoms with van der Waals surface area (Å²) in [6.45, 7) is 0.390. The number of aromatic nitrogens is 1. The van der Waals surface area contributed by atoms with E-state index in [9.17, 15) is 4.79 Å². The lowest BCUT2D eigenvalue weighted by atomic mass is 10.1. The molecule has 6 heteroatoms. The zero-order chi connectivity index (χ0) is 19.1. The number of amides is 1. The number of ether oxygens (including phenoxy) is 2. The fourth-order valence-electron chi connectivity index (χ4n) is 2.62. The van der Waals surface area contributed by atoms with Gasteiger partial charge in [0.25, 0.3) is 5.91 Å². The first-order valence-corrected chi connectivity index (χ1v) is 8.46. The molecule has 0 aliphatic rings. The highest BCUT2D eigenvalue weighted by atomic mass is 16.5. The number of nitrogens with one attached hydrogen (secondary N) is 2. The summed E-state index contributed by atoms with van der Waals surface area (Å²) in [6, 6.07) is 16.6. The molecule has 2 N–H and O–H groups in total. The van der Waals surface area contributed by atoms with E-state index < -0.39 is 0 Å². The molecular formula is C21H21N3O3. The summed E-state index contributed by atoms with van der Waals surface area (Å²) in [5.41, 5.74) is 3.24. The van der Waals surface area contributed by atoms with Gasteiger partial charge in [-0.1, -0.05) is 12.1 Å². The second-order valence-corrected chi connectivity index (χ2v) is 5.81. The van der Waals surface area contributed by atoms with E-state index in [4.69, 9.17) is 9.47 Å². The number of carbonyl (C=O) groups excluding carboxylic acids is 1. The zero-order valence-corrected chi connectivity index (χ0v) is 15.2. The van der Waals surface area contributed by atoms with Crippen molar-refractivity contribution in [3.8, 4) is 11.5 Å². The van der Waals surface area contributed by atoms with Crippen LogP contribution in [0.4, 0.5) is 11.4 Å². The third kappa shape index (κ3) is 4.76. The number of nitrogens with zero attached hydrogens (tertiary/aromatic N) is 1. The molecule has 0 spiro atoms. The molecule has 27 heavy (non-hydrogen) atoms. The molecule has 0 bridgehead atoms. The van der Waals surface area contributed by atoms with E-state index >= 15 is 0 Å². The largest absolute Gasteiger partial charge is 0.493 e. The predicted octanol–water partition coefficient (Wildman–Crippen LogP) is 3.77. The van der Waals surface area contributed by atoms with E-state index in [2.05, 4.69) is 15.6 Å². The fraction of sp³-hybridized carbons (Fsp3) is 0.143. The molecule has 0 aliphatic carbocycles. The minimum absolute atomic E-state index is 0.150. The van der Waals surface area contributed by atoms with Crippen molar-refractivity contribution >= 4 is 17.3 Å². The molecule has 3 aromatic rings. The van der Waals surface area contributed by atoms with Crippen LogP contribution in [0.1, 0.15) is 15.9 Å². The molecule has 0 saturated carbocycles. The topological polar surface area (TPSA) is 72.5 Å². The molecule has 6 nitrogen and oxygen atoms in total. The maximum absolute atomic E-state index is 12.5. The van der Waals surface area contributed by atoms with Gasteiger partial charge in [-0.15, -0.1) is 0 Å². The minimum Gasteiger partial charge on any atom is -0.493 e. The summed E-state index contributed by atoms with van der Waals surface area (Å²) in [5, 5.41) is 6.17. The Labute approximate surface area is 158 Å². The van der Waals surface area contributed by atoms with Gasteiger partial charge in [-0.2, -0.15) is 0 Å². The van der Waals surface area contributed by atoms with Gasteiger partial charge in [-0.05, 0) is 48.0 Å². The zero-order valence-electron chi connectivity index (χ0n) is 15.2. The fourth-order valence-corrected chi connectivity index (χ4v) is 2.62. The van der Waals surface area contributed by atoms with E-state index in [1.807, 2.05) is 48.5 Å². The van der Waals surface area contributed by atoms with Gasteiger partial charge >= 0.3 is 0 Å². The van der Waals surface area contributed by atoms with E-state index in [0.29, 0.717) is 23.6 Å². The Balaban J connectivity index is 1.65. The van der Waals surface area contributed by atoms with Crippen molar-refractivity contribution in [2.45, 2.75) is 6.54 Å². The number of hydrogen-bond donors (Lipinski definition) is 2. The Kier molecular flexibility index (Phi) is 5.89. The molecule has 0 atom stereocenters. The number of anilines is 2. The van der Waals surface area contributed by atoms with Crippen LogP contribution in [0.5, 0.6) is 11.5 Å². The maximum atomic E-state index is 12.5. The van der Waals surface area contributed by atoms with E-state index in [1.165, 1.54) is 0 Å². The van der Waals surface area contributed by atoms with Crippen LogP contribution in [-0.4, -0.2) is 25.1 Å². The van der Waals surface area contributed by atoms with Gasteiger partial charge in [0.1, 0.15) is 0 Å². The van der Waals surface area contributed by atoms with Gasteiger partial charge in [0, 0.05) is 35.9 Å². The Hall–Kier alpha value is -3.54. The van der Waals surface area contributed by atoms with Crippen LogP contribution in [0.2, 0.25) is 0 Å². The standard InChI is InChI=1S/C21H21N3O3/c1-26-19-7-6-15(12-20(19)27-2)14-23-21(25)16-4-3-5-18(13-16)24-17-8-10-22-11-9-17/h3-13H,14H2,1-2H3,(H,22,24)(H,23,25). The van der Waals surface area contributed by atoms with E-state index in [-0.39, 0.29) is 5.91 Å². The molecule has 1 amide bonds. The van der Waals surface area contributed by atoms with Gasteiger partial charge in [-0.25, -0.2) is 0 Å². The van der Waals surface area contributed by atoms with Crippen molar-refractivity contribution in [1.29, 1.82) is 0 Å². The highest BCUT2D eigenvalue weighted by molar-refractivity contribution is 5.95. The molecule has 1 aromatic heterocycles. The Morgan fingerprint density at radius 1 is 0.926 bits per heavy atom. The molecule has 0 fully saturated rings. The maximum Gasteiger partial charge on any atom is 0.251 e. The summed E-state index contributed by atoms with van der Waals surface area (Å²) in [4.78, 5) is 16.5. The molecule has 2 aromatic carbocycles. The number of benzene rings is 2.